The fraction of sp³-hybridized carbons (Fsp3) is 0.333. The minimum absolute atomic E-state index is 0.169. The molecule has 0 unspecified atom stereocenters. The molecule has 0 saturated heterocycles. The van der Waals surface area contributed by atoms with Crippen molar-refractivity contribution in [1.29, 1.82) is 0 Å². The number of hydrogen-bond acceptors (Lipinski definition) is 0. The molecule has 0 aromatic carbocycles. The molecule has 0 aromatic heterocycles. The molecular formula is C9H14F2. The van der Waals surface area contributed by atoms with Gasteiger partial charge in [0.05, 0.1) is 0 Å². The molecule has 0 radical (unpaired) electrons. The highest BCUT2D eigenvalue weighted by molar-refractivity contribution is 5.26. The predicted octanol–water partition coefficient (Wildman–Crippen LogP) is 3.93. The number of allylic oxidation sites excluding steroid dienone is 4. The average Bonchev–Trinajstić information content (AvgIpc) is 1.90. The summed E-state index contributed by atoms with van der Waals surface area (Å²) in [7, 11) is 0. The van der Waals surface area contributed by atoms with Crippen LogP contribution in [0.4, 0.5) is 8.78 Å². The van der Waals surface area contributed by atoms with Crippen molar-refractivity contribution in [2.45, 2.75) is 20.8 Å². The molecule has 0 atom stereocenters. The third-order valence-corrected chi connectivity index (χ3v) is 0.801. The molecule has 11 heavy (non-hydrogen) atoms. The molecule has 2 heteroatoms. The molecule has 0 rings (SSSR count). The summed E-state index contributed by atoms with van der Waals surface area (Å²) < 4.78 is 23.8. The van der Waals surface area contributed by atoms with Crippen LogP contribution in [0.5, 0.6) is 0 Å². The van der Waals surface area contributed by atoms with Crippen LogP contribution in [0.1, 0.15) is 20.8 Å². The molecule has 0 fully saturated rings. The Bertz CT molecular complexity index is 166. The third kappa shape index (κ3) is 9.08. The second-order valence-electron chi connectivity index (χ2n) is 1.68. The zero-order chi connectivity index (χ0) is 9.44. The molecule has 0 aliphatic rings. The molecule has 0 aliphatic carbocycles. The molecule has 0 saturated carbocycles. The Kier molecular flexibility index (Phi) is 8.32. The van der Waals surface area contributed by atoms with Gasteiger partial charge in [0.15, 0.2) is 0 Å². The van der Waals surface area contributed by atoms with Gasteiger partial charge >= 0.3 is 0 Å². The lowest BCUT2D eigenvalue weighted by atomic mass is 10.2. The van der Waals surface area contributed by atoms with Crippen LogP contribution in [0.3, 0.4) is 0 Å². The number of rotatable bonds is 2. The fourth-order valence-electron chi connectivity index (χ4n) is 0.313. The largest absolute Gasteiger partial charge is 0.208 e. The SMILES string of the molecule is C=C(F)/C=C(/C)C(=C)F.CC. The maximum Gasteiger partial charge on any atom is 0.119 e. The van der Waals surface area contributed by atoms with Gasteiger partial charge in [0.25, 0.3) is 0 Å². The lowest BCUT2D eigenvalue weighted by Crippen LogP contribution is -1.73. The standard InChI is InChI=1S/C7H8F2.C2H6/c1-5(7(3)9)4-6(2)8;1-2/h4H,2-3H2,1H3;1-2H3/b5-4-;. The van der Waals surface area contributed by atoms with Crippen molar-refractivity contribution in [3.05, 3.63) is 36.5 Å². The van der Waals surface area contributed by atoms with Crippen LogP contribution < -0.4 is 0 Å². The number of halogens is 2. The molecule has 0 bridgehead atoms. The van der Waals surface area contributed by atoms with Crippen molar-refractivity contribution in [3.8, 4) is 0 Å². The van der Waals surface area contributed by atoms with E-state index in [4.69, 9.17) is 0 Å². The van der Waals surface area contributed by atoms with Crippen LogP contribution in [0, 0.1) is 0 Å². The Labute approximate surface area is 66.9 Å². The Balaban J connectivity index is 0. The molecule has 0 aromatic rings. The van der Waals surface area contributed by atoms with E-state index in [1.165, 1.54) is 6.92 Å². The van der Waals surface area contributed by atoms with E-state index in [9.17, 15) is 8.78 Å². The molecular weight excluding hydrogens is 146 g/mol. The van der Waals surface area contributed by atoms with Crippen molar-refractivity contribution >= 4 is 0 Å². The molecule has 0 nitrogen and oxygen atoms in total. The van der Waals surface area contributed by atoms with E-state index in [0.29, 0.717) is 0 Å². The monoisotopic (exact) mass is 160 g/mol. The van der Waals surface area contributed by atoms with E-state index < -0.39 is 11.7 Å². The summed E-state index contributed by atoms with van der Waals surface area (Å²) in [5.74, 6) is -1.29. The second-order valence-corrected chi connectivity index (χ2v) is 1.68. The molecule has 0 spiro atoms. The highest BCUT2D eigenvalue weighted by Gasteiger charge is 1.92. The lowest BCUT2D eigenvalue weighted by Gasteiger charge is -1.90. The first-order chi connectivity index (χ1) is 5.04. The first-order valence-corrected chi connectivity index (χ1v) is 3.41. The Morgan fingerprint density at radius 1 is 1.18 bits per heavy atom. The van der Waals surface area contributed by atoms with Gasteiger partial charge in [-0.2, -0.15) is 0 Å². The van der Waals surface area contributed by atoms with Gasteiger partial charge < -0.3 is 0 Å². The summed E-state index contributed by atoms with van der Waals surface area (Å²) in [4.78, 5) is 0. The van der Waals surface area contributed by atoms with E-state index in [0.717, 1.165) is 6.08 Å². The first-order valence-electron chi connectivity index (χ1n) is 3.41. The summed E-state index contributed by atoms with van der Waals surface area (Å²) in [6.45, 7) is 11.3. The average molecular weight is 160 g/mol. The van der Waals surface area contributed by atoms with Crippen LogP contribution in [-0.4, -0.2) is 0 Å². The zero-order valence-corrected chi connectivity index (χ0v) is 7.25. The molecule has 0 N–H and O–H groups in total. The van der Waals surface area contributed by atoms with Gasteiger partial charge in [-0.15, -0.1) is 0 Å². The van der Waals surface area contributed by atoms with E-state index >= 15 is 0 Å². The number of hydrogen-bond donors (Lipinski definition) is 0. The highest BCUT2D eigenvalue weighted by atomic mass is 19.1. The van der Waals surface area contributed by atoms with Gasteiger partial charge in [-0.25, -0.2) is 8.78 Å². The van der Waals surface area contributed by atoms with Crippen LogP contribution in [0.25, 0.3) is 0 Å². The van der Waals surface area contributed by atoms with E-state index in [1.54, 1.807) is 0 Å². The van der Waals surface area contributed by atoms with E-state index in [2.05, 4.69) is 13.2 Å². The highest BCUT2D eigenvalue weighted by Crippen LogP contribution is 2.10. The molecule has 64 valence electrons. The predicted molar refractivity (Wildman–Crippen MR) is 45.6 cm³/mol. The van der Waals surface area contributed by atoms with Crippen LogP contribution in [0.2, 0.25) is 0 Å². The summed E-state index contributed by atoms with van der Waals surface area (Å²) in [5, 5.41) is 0. The summed E-state index contributed by atoms with van der Waals surface area (Å²) in [6.07, 6.45) is 0.988. The zero-order valence-electron chi connectivity index (χ0n) is 7.25. The molecule has 0 aliphatic heterocycles. The van der Waals surface area contributed by atoms with Crippen molar-refractivity contribution in [2.24, 2.45) is 0 Å². The topological polar surface area (TPSA) is 0 Å². The van der Waals surface area contributed by atoms with Crippen molar-refractivity contribution in [1.82, 2.24) is 0 Å². The van der Waals surface area contributed by atoms with Crippen LogP contribution >= 0.6 is 0 Å². The third-order valence-electron chi connectivity index (χ3n) is 0.801. The summed E-state index contributed by atoms with van der Waals surface area (Å²) in [6, 6.07) is 0. The second kappa shape index (κ2) is 7.19. The normalized spacial score (nSPS) is 9.73. The fourth-order valence-corrected chi connectivity index (χ4v) is 0.313. The van der Waals surface area contributed by atoms with Crippen molar-refractivity contribution < 1.29 is 8.78 Å². The summed E-state index contributed by atoms with van der Waals surface area (Å²) in [5.41, 5.74) is 0.169. The Morgan fingerprint density at radius 2 is 1.55 bits per heavy atom. The Morgan fingerprint density at radius 3 is 1.64 bits per heavy atom. The quantitative estimate of drug-likeness (QED) is 0.537. The molecule has 0 heterocycles. The van der Waals surface area contributed by atoms with E-state index in [1.807, 2.05) is 13.8 Å². The van der Waals surface area contributed by atoms with Gasteiger partial charge in [-0.1, -0.05) is 27.0 Å². The summed E-state index contributed by atoms with van der Waals surface area (Å²) >= 11 is 0. The first kappa shape index (κ1) is 12.7. The van der Waals surface area contributed by atoms with Crippen LogP contribution in [-0.2, 0) is 0 Å². The van der Waals surface area contributed by atoms with Gasteiger partial charge in [0, 0.05) is 0 Å². The lowest BCUT2D eigenvalue weighted by molar-refractivity contribution is 0.644. The van der Waals surface area contributed by atoms with Crippen LogP contribution in [0.15, 0.2) is 36.5 Å². The minimum atomic E-state index is -0.661. The maximum atomic E-state index is 12.0. The molecule has 0 amide bonds. The Hall–Kier alpha value is -0.920. The van der Waals surface area contributed by atoms with Gasteiger partial charge in [0.2, 0.25) is 0 Å². The van der Waals surface area contributed by atoms with Gasteiger partial charge in [-0.3, -0.25) is 0 Å². The smallest absolute Gasteiger partial charge is 0.119 e. The van der Waals surface area contributed by atoms with Crippen molar-refractivity contribution in [3.63, 3.8) is 0 Å². The van der Waals surface area contributed by atoms with Gasteiger partial charge in [0.1, 0.15) is 11.7 Å². The van der Waals surface area contributed by atoms with E-state index in [-0.39, 0.29) is 5.57 Å². The minimum Gasteiger partial charge on any atom is -0.208 e. The van der Waals surface area contributed by atoms with Gasteiger partial charge in [-0.05, 0) is 18.6 Å². The maximum absolute atomic E-state index is 12.0. The van der Waals surface area contributed by atoms with Crippen molar-refractivity contribution in [2.75, 3.05) is 0 Å².